The largest absolute Gasteiger partial charge is 0.401 e. The first-order valence-corrected chi connectivity index (χ1v) is 3.50. The molecule has 0 amide bonds. The quantitative estimate of drug-likeness (QED) is 0.578. The van der Waals surface area contributed by atoms with Gasteiger partial charge in [-0.3, -0.25) is 0 Å². The highest BCUT2D eigenvalue weighted by atomic mass is 15.1. The summed E-state index contributed by atoms with van der Waals surface area (Å²) in [4.78, 5) is 2.13. The van der Waals surface area contributed by atoms with Crippen LogP contribution in [0.25, 0.3) is 0 Å². The number of rotatable bonds is 1. The van der Waals surface area contributed by atoms with E-state index in [2.05, 4.69) is 11.0 Å². The van der Waals surface area contributed by atoms with Crippen molar-refractivity contribution in [1.82, 2.24) is 4.90 Å². The van der Waals surface area contributed by atoms with Crippen LogP contribution in [0.4, 0.5) is 0 Å². The maximum atomic E-state index is 5.75. The van der Waals surface area contributed by atoms with Crippen molar-refractivity contribution in [3.8, 4) is 0 Å². The molecule has 0 saturated carbocycles. The molecule has 1 atom stereocenters. The molecule has 1 unspecified atom stereocenters. The van der Waals surface area contributed by atoms with Crippen molar-refractivity contribution in [2.75, 3.05) is 14.1 Å². The highest BCUT2D eigenvalue weighted by Crippen LogP contribution is 2.11. The van der Waals surface area contributed by atoms with Crippen LogP contribution in [0, 0.1) is 0 Å². The number of hydrogen-bond acceptors (Lipinski definition) is 2. The standard InChI is InChI=1S/C8H14N2/c1-10(2)8-6-4-3-5-7(8)9/h3-5,8H,6,9H2,1-2H3. The van der Waals surface area contributed by atoms with Crippen LogP contribution in [0.1, 0.15) is 6.42 Å². The van der Waals surface area contributed by atoms with Crippen molar-refractivity contribution in [3.63, 3.8) is 0 Å². The second kappa shape index (κ2) is 2.88. The van der Waals surface area contributed by atoms with Gasteiger partial charge in [0.1, 0.15) is 0 Å². The van der Waals surface area contributed by atoms with Crippen LogP contribution in [0.5, 0.6) is 0 Å². The Morgan fingerprint density at radius 1 is 1.60 bits per heavy atom. The van der Waals surface area contributed by atoms with Crippen molar-refractivity contribution >= 4 is 0 Å². The summed E-state index contributed by atoms with van der Waals surface area (Å²) in [6, 6.07) is 0.407. The molecular formula is C8H14N2. The van der Waals surface area contributed by atoms with Crippen molar-refractivity contribution in [2.45, 2.75) is 12.5 Å². The number of hydrogen-bond donors (Lipinski definition) is 1. The Labute approximate surface area is 62.0 Å². The van der Waals surface area contributed by atoms with E-state index in [0.29, 0.717) is 6.04 Å². The Balaban J connectivity index is 2.64. The Kier molecular flexibility index (Phi) is 2.12. The first kappa shape index (κ1) is 7.35. The van der Waals surface area contributed by atoms with Gasteiger partial charge in [-0.05, 0) is 26.6 Å². The molecule has 2 heteroatoms. The van der Waals surface area contributed by atoms with Gasteiger partial charge in [-0.2, -0.15) is 0 Å². The van der Waals surface area contributed by atoms with Gasteiger partial charge in [0.25, 0.3) is 0 Å². The van der Waals surface area contributed by atoms with Gasteiger partial charge in [-0.1, -0.05) is 12.2 Å². The lowest BCUT2D eigenvalue weighted by molar-refractivity contribution is 0.328. The van der Waals surface area contributed by atoms with Crippen molar-refractivity contribution in [3.05, 3.63) is 23.9 Å². The van der Waals surface area contributed by atoms with Gasteiger partial charge in [0.05, 0.1) is 6.04 Å². The fourth-order valence-corrected chi connectivity index (χ4v) is 1.14. The van der Waals surface area contributed by atoms with E-state index in [1.807, 2.05) is 26.2 Å². The van der Waals surface area contributed by atoms with Crippen LogP contribution in [0.2, 0.25) is 0 Å². The Hall–Kier alpha value is -0.760. The molecule has 0 aromatic rings. The number of nitrogens with two attached hydrogens (primary N) is 1. The van der Waals surface area contributed by atoms with E-state index in [-0.39, 0.29) is 0 Å². The molecule has 56 valence electrons. The van der Waals surface area contributed by atoms with E-state index in [4.69, 9.17) is 5.73 Å². The third kappa shape index (κ3) is 1.39. The Bertz CT molecular complexity index is 168. The number of allylic oxidation sites excluding steroid dienone is 2. The molecule has 0 fully saturated rings. The summed E-state index contributed by atoms with van der Waals surface area (Å²) in [5.41, 5.74) is 6.71. The van der Waals surface area contributed by atoms with Gasteiger partial charge in [-0.15, -0.1) is 0 Å². The molecule has 1 rings (SSSR count). The summed E-state index contributed by atoms with van der Waals surface area (Å²) in [5.74, 6) is 0. The smallest absolute Gasteiger partial charge is 0.0522 e. The summed E-state index contributed by atoms with van der Waals surface area (Å²) in [6.45, 7) is 0. The minimum atomic E-state index is 0.407. The molecule has 0 bridgehead atoms. The van der Waals surface area contributed by atoms with Crippen LogP contribution in [0.3, 0.4) is 0 Å². The highest BCUT2D eigenvalue weighted by molar-refractivity contribution is 5.21. The molecule has 1 aliphatic carbocycles. The molecule has 2 N–H and O–H groups in total. The molecule has 0 aliphatic heterocycles. The van der Waals surface area contributed by atoms with Gasteiger partial charge in [0.2, 0.25) is 0 Å². The highest BCUT2D eigenvalue weighted by Gasteiger charge is 2.13. The third-order valence-corrected chi connectivity index (χ3v) is 1.79. The van der Waals surface area contributed by atoms with Gasteiger partial charge < -0.3 is 10.6 Å². The molecule has 1 aliphatic rings. The van der Waals surface area contributed by atoms with Gasteiger partial charge >= 0.3 is 0 Å². The SMILES string of the molecule is CN(C)C1CC=CC=C1N. The minimum absolute atomic E-state index is 0.407. The maximum Gasteiger partial charge on any atom is 0.0522 e. The average molecular weight is 138 g/mol. The van der Waals surface area contributed by atoms with E-state index in [0.717, 1.165) is 12.1 Å². The minimum Gasteiger partial charge on any atom is -0.401 e. The van der Waals surface area contributed by atoms with Crippen LogP contribution >= 0.6 is 0 Å². The monoisotopic (exact) mass is 138 g/mol. The maximum absolute atomic E-state index is 5.75. The molecule has 2 nitrogen and oxygen atoms in total. The van der Waals surface area contributed by atoms with Crippen molar-refractivity contribution < 1.29 is 0 Å². The summed E-state index contributed by atoms with van der Waals surface area (Å²) in [7, 11) is 4.09. The normalized spacial score (nSPS) is 25.1. The van der Waals surface area contributed by atoms with E-state index in [1.54, 1.807) is 0 Å². The van der Waals surface area contributed by atoms with Crippen molar-refractivity contribution in [2.24, 2.45) is 5.73 Å². The molecule has 0 aromatic carbocycles. The Morgan fingerprint density at radius 3 is 2.70 bits per heavy atom. The van der Waals surface area contributed by atoms with Gasteiger partial charge in [-0.25, -0.2) is 0 Å². The van der Waals surface area contributed by atoms with Crippen molar-refractivity contribution in [1.29, 1.82) is 0 Å². The topological polar surface area (TPSA) is 29.3 Å². The fraction of sp³-hybridized carbons (Fsp3) is 0.500. The first-order valence-electron chi connectivity index (χ1n) is 3.50. The van der Waals surface area contributed by atoms with E-state index < -0.39 is 0 Å². The van der Waals surface area contributed by atoms with E-state index in [1.165, 1.54) is 0 Å². The molecule has 0 saturated heterocycles. The van der Waals surface area contributed by atoms with Crippen LogP contribution in [0.15, 0.2) is 23.9 Å². The lowest BCUT2D eigenvalue weighted by atomic mass is 10.1. The van der Waals surface area contributed by atoms with Gasteiger partial charge in [0.15, 0.2) is 0 Å². The predicted octanol–water partition coefficient (Wildman–Crippen LogP) is 0.719. The summed E-state index contributed by atoms with van der Waals surface area (Å²) in [6.07, 6.45) is 7.15. The fourth-order valence-electron chi connectivity index (χ4n) is 1.14. The van der Waals surface area contributed by atoms with Gasteiger partial charge in [0, 0.05) is 5.70 Å². The van der Waals surface area contributed by atoms with E-state index in [9.17, 15) is 0 Å². The predicted molar refractivity (Wildman–Crippen MR) is 43.5 cm³/mol. The van der Waals surface area contributed by atoms with E-state index >= 15 is 0 Å². The average Bonchev–Trinajstić information content (AvgIpc) is 1.88. The summed E-state index contributed by atoms with van der Waals surface area (Å²) >= 11 is 0. The zero-order valence-corrected chi connectivity index (χ0v) is 6.54. The molecule has 0 aromatic heterocycles. The third-order valence-electron chi connectivity index (χ3n) is 1.79. The first-order chi connectivity index (χ1) is 4.72. The second-order valence-electron chi connectivity index (χ2n) is 2.81. The lowest BCUT2D eigenvalue weighted by Crippen LogP contribution is -2.33. The molecule has 10 heavy (non-hydrogen) atoms. The molecule has 0 heterocycles. The number of likely N-dealkylation sites (N-methyl/N-ethyl adjacent to an activating group) is 1. The summed E-state index contributed by atoms with van der Waals surface area (Å²) < 4.78 is 0. The molecule has 0 spiro atoms. The Morgan fingerprint density at radius 2 is 2.30 bits per heavy atom. The molecular weight excluding hydrogens is 124 g/mol. The van der Waals surface area contributed by atoms with Crippen LogP contribution in [-0.2, 0) is 0 Å². The zero-order chi connectivity index (χ0) is 7.56. The lowest BCUT2D eigenvalue weighted by Gasteiger charge is -2.24. The number of nitrogens with zero attached hydrogens (tertiary/aromatic N) is 1. The molecule has 0 radical (unpaired) electrons. The zero-order valence-electron chi connectivity index (χ0n) is 6.54. The summed E-state index contributed by atoms with van der Waals surface area (Å²) in [5, 5.41) is 0. The second-order valence-corrected chi connectivity index (χ2v) is 2.81. The van der Waals surface area contributed by atoms with Crippen LogP contribution in [-0.4, -0.2) is 25.0 Å². The van der Waals surface area contributed by atoms with Crippen LogP contribution < -0.4 is 5.73 Å².